The maximum absolute atomic E-state index is 9.74. The third-order valence-corrected chi connectivity index (χ3v) is 3.15. The molecule has 2 unspecified atom stereocenters. The van der Waals surface area contributed by atoms with Gasteiger partial charge in [0, 0.05) is 11.5 Å². The minimum absolute atomic E-state index is 0.228. The Labute approximate surface area is 93.8 Å². The summed E-state index contributed by atoms with van der Waals surface area (Å²) in [6.45, 7) is -0.228. The van der Waals surface area contributed by atoms with Crippen LogP contribution < -0.4 is 0 Å². The molecule has 15 heavy (non-hydrogen) atoms. The number of benzene rings is 1. The highest BCUT2D eigenvalue weighted by molar-refractivity contribution is 7.99. The Morgan fingerprint density at radius 2 is 1.73 bits per heavy atom. The highest BCUT2D eigenvalue weighted by Gasteiger charge is 2.08. The quantitative estimate of drug-likeness (QED) is 0.674. The Hall–Kier alpha value is -0.550. The molecule has 1 rings (SSSR count). The van der Waals surface area contributed by atoms with Gasteiger partial charge in [-0.3, -0.25) is 0 Å². The summed E-state index contributed by atoms with van der Waals surface area (Å²) in [5.41, 5.74) is 0.878. The van der Waals surface area contributed by atoms with Gasteiger partial charge in [0.05, 0.1) is 18.8 Å². The van der Waals surface area contributed by atoms with E-state index in [9.17, 15) is 5.11 Å². The molecular weight excluding hydrogens is 212 g/mol. The van der Waals surface area contributed by atoms with Crippen LogP contribution in [0.3, 0.4) is 0 Å². The van der Waals surface area contributed by atoms with Crippen LogP contribution in [0.4, 0.5) is 0 Å². The zero-order chi connectivity index (χ0) is 11.1. The third kappa shape index (κ3) is 4.66. The van der Waals surface area contributed by atoms with Gasteiger partial charge in [-0.15, -0.1) is 0 Å². The molecule has 0 saturated heterocycles. The summed E-state index contributed by atoms with van der Waals surface area (Å²) < 4.78 is 0. The van der Waals surface area contributed by atoms with Crippen molar-refractivity contribution in [2.75, 3.05) is 18.1 Å². The Morgan fingerprint density at radius 1 is 1.07 bits per heavy atom. The molecule has 0 amide bonds. The van der Waals surface area contributed by atoms with Crippen molar-refractivity contribution >= 4 is 11.8 Å². The Morgan fingerprint density at radius 3 is 2.33 bits per heavy atom. The molecule has 0 heterocycles. The number of thioether (sulfide) groups is 1. The summed E-state index contributed by atoms with van der Waals surface area (Å²) in [7, 11) is 0. The van der Waals surface area contributed by atoms with Gasteiger partial charge in [0.2, 0.25) is 0 Å². The van der Waals surface area contributed by atoms with Crippen LogP contribution in [-0.2, 0) is 0 Å². The normalized spacial score (nSPS) is 14.9. The van der Waals surface area contributed by atoms with Gasteiger partial charge in [-0.25, -0.2) is 0 Å². The van der Waals surface area contributed by atoms with Crippen LogP contribution >= 0.6 is 11.8 Å². The summed E-state index contributed by atoms with van der Waals surface area (Å²) in [5.74, 6) is 0.974. The zero-order valence-corrected chi connectivity index (χ0v) is 9.23. The molecule has 0 bridgehead atoms. The third-order valence-electron chi connectivity index (χ3n) is 1.98. The van der Waals surface area contributed by atoms with E-state index in [1.165, 1.54) is 11.8 Å². The van der Waals surface area contributed by atoms with Crippen LogP contribution in [-0.4, -0.2) is 39.5 Å². The SMILES string of the molecule is OCC(O)CSCC(O)c1ccccc1. The van der Waals surface area contributed by atoms with Crippen molar-refractivity contribution in [3.05, 3.63) is 35.9 Å². The van der Waals surface area contributed by atoms with Crippen LogP contribution in [0.5, 0.6) is 0 Å². The first-order chi connectivity index (χ1) is 7.24. The predicted molar refractivity (Wildman–Crippen MR) is 61.8 cm³/mol. The van der Waals surface area contributed by atoms with Crippen molar-refractivity contribution in [2.45, 2.75) is 12.2 Å². The highest BCUT2D eigenvalue weighted by atomic mass is 32.2. The fourth-order valence-electron chi connectivity index (χ4n) is 1.14. The van der Waals surface area contributed by atoms with Crippen molar-refractivity contribution in [1.29, 1.82) is 0 Å². The second-order valence-corrected chi connectivity index (χ2v) is 4.38. The van der Waals surface area contributed by atoms with Crippen LogP contribution in [0.2, 0.25) is 0 Å². The van der Waals surface area contributed by atoms with Crippen molar-refractivity contribution in [1.82, 2.24) is 0 Å². The van der Waals surface area contributed by atoms with Gasteiger partial charge in [0.25, 0.3) is 0 Å². The maximum Gasteiger partial charge on any atom is 0.0880 e. The van der Waals surface area contributed by atoms with Gasteiger partial charge in [0.1, 0.15) is 0 Å². The average molecular weight is 228 g/mol. The number of hydrogen-bond donors (Lipinski definition) is 3. The lowest BCUT2D eigenvalue weighted by Crippen LogP contribution is -2.15. The molecule has 0 radical (unpaired) electrons. The standard InChI is InChI=1S/C11H16O3S/c12-6-10(13)7-15-8-11(14)9-4-2-1-3-5-9/h1-5,10-14H,6-8H2. The fraction of sp³-hybridized carbons (Fsp3) is 0.455. The molecule has 0 fully saturated rings. The molecule has 3 N–H and O–H groups in total. The summed E-state index contributed by atoms with van der Waals surface area (Å²) in [4.78, 5) is 0. The number of aliphatic hydroxyl groups is 3. The van der Waals surface area contributed by atoms with Gasteiger partial charge in [-0.1, -0.05) is 30.3 Å². The molecule has 0 aliphatic carbocycles. The minimum atomic E-state index is -0.696. The summed E-state index contributed by atoms with van der Waals surface area (Å²) in [5, 5.41) is 27.4. The molecule has 1 aromatic rings. The lowest BCUT2D eigenvalue weighted by Gasteiger charge is -2.11. The fourth-order valence-corrected chi connectivity index (χ4v) is 2.07. The van der Waals surface area contributed by atoms with Gasteiger partial charge in [-0.05, 0) is 5.56 Å². The van der Waals surface area contributed by atoms with Gasteiger partial charge >= 0.3 is 0 Å². The van der Waals surface area contributed by atoms with Gasteiger partial charge in [-0.2, -0.15) is 11.8 Å². The van der Waals surface area contributed by atoms with E-state index in [2.05, 4.69) is 0 Å². The Kier molecular flexibility index (Phi) is 5.71. The van der Waals surface area contributed by atoms with Crippen LogP contribution in [0.15, 0.2) is 30.3 Å². The monoisotopic (exact) mass is 228 g/mol. The Balaban J connectivity index is 2.28. The molecule has 0 aliphatic heterocycles. The van der Waals surface area contributed by atoms with E-state index >= 15 is 0 Å². The largest absolute Gasteiger partial charge is 0.394 e. The van der Waals surface area contributed by atoms with E-state index < -0.39 is 12.2 Å². The topological polar surface area (TPSA) is 60.7 Å². The Bertz CT molecular complexity index is 266. The van der Waals surface area contributed by atoms with Crippen LogP contribution in [0.25, 0.3) is 0 Å². The molecule has 0 aromatic heterocycles. The number of hydrogen-bond acceptors (Lipinski definition) is 4. The number of rotatable bonds is 6. The van der Waals surface area contributed by atoms with E-state index in [0.29, 0.717) is 11.5 Å². The van der Waals surface area contributed by atoms with Crippen molar-refractivity contribution in [3.63, 3.8) is 0 Å². The van der Waals surface area contributed by atoms with Crippen molar-refractivity contribution < 1.29 is 15.3 Å². The molecule has 84 valence electrons. The van der Waals surface area contributed by atoms with Crippen LogP contribution in [0, 0.1) is 0 Å². The molecule has 0 saturated carbocycles. The van der Waals surface area contributed by atoms with Crippen LogP contribution in [0.1, 0.15) is 11.7 Å². The number of aliphatic hydroxyl groups excluding tert-OH is 3. The first-order valence-electron chi connectivity index (χ1n) is 4.83. The van der Waals surface area contributed by atoms with E-state index in [-0.39, 0.29) is 6.61 Å². The van der Waals surface area contributed by atoms with Crippen molar-refractivity contribution in [3.8, 4) is 0 Å². The molecule has 0 spiro atoms. The second kappa shape index (κ2) is 6.85. The maximum atomic E-state index is 9.74. The second-order valence-electron chi connectivity index (χ2n) is 3.30. The van der Waals surface area contributed by atoms with Gasteiger partial charge in [0.15, 0.2) is 0 Å². The summed E-state index contributed by atoms with van der Waals surface area (Å²) in [6.07, 6.45) is -1.21. The van der Waals surface area contributed by atoms with Gasteiger partial charge < -0.3 is 15.3 Å². The lowest BCUT2D eigenvalue weighted by atomic mass is 10.1. The smallest absolute Gasteiger partial charge is 0.0880 e. The molecular formula is C11H16O3S. The minimum Gasteiger partial charge on any atom is -0.394 e. The molecule has 0 aliphatic rings. The van der Waals surface area contributed by atoms with E-state index in [1.54, 1.807) is 0 Å². The lowest BCUT2D eigenvalue weighted by molar-refractivity contribution is 0.113. The first kappa shape index (κ1) is 12.5. The van der Waals surface area contributed by atoms with E-state index in [1.807, 2.05) is 30.3 Å². The summed E-state index contributed by atoms with van der Waals surface area (Å²) >= 11 is 1.43. The molecule has 4 heteroatoms. The first-order valence-corrected chi connectivity index (χ1v) is 5.99. The average Bonchev–Trinajstić information content (AvgIpc) is 2.29. The van der Waals surface area contributed by atoms with E-state index in [0.717, 1.165) is 5.56 Å². The van der Waals surface area contributed by atoms with E-state index in [4.69, 9.17) is 10.2 Å². The zero-order valence-electron chi connectivity index (χ0n) is 8.41. The molecule has 3 nitrogen and oxygen atoms in total. The predicted octanol–water partition coefficient (Wildman–Crippen LogP) is 0.806. The molecule has 1 aromatic carbocycles. The molecule has 2 atom stereocenters. The van der Waals surface area contributed by atoms with Crippen molar-refractivity contribution in [2.24, 2.45) is 0 Å². The highest BCUT2D eigenvalue weighted by Crippen LogP contribution is 2.18. The summed E-state index contributed by atoms with van der Waals surface area (Å²) in [6, 6.07) is 9.40.